The number of nitrogens with one attached hydrogen (secondary N) is 3. The van der Waals surface area contributed by atoms with Crippen LogP contribution in [0.3, 0.4) is 0 Å². The summed E-state index contributed by atoms with van der Waals surface area (Å²) < 4.78 is 10.5. The van der Waals surface area contributed by atoms with Crippen molar-refractivity contribution in [1.82, 2.24) is 15.6 Å². The third-order valence-corrected chi connectivity index (χ3v) is 5.68. The van der Waals surface area contributed by atoms with Crippen LogP contribution in [0.15, 0.2) is 65.5 Å². The molecule has 1 heterocycles. The van der Waals surface area contributed by atoms with Crippen molar-refractivity contribution >= 4 is 52.5 Å². The van der Waals surface area contributed by atoms with E-state index in [2.05, 4.69) is 15.6 Å². The van der Waals surface area contributed by atoms with Gasteiger partial charge in [0, 0.05) is 18.8 Å². The fourth-order valence-electron chi connectivity index (χ4n) is 3.12. The van der Waals surface area contributed by atoms with Crippen molar-refractivity contribution in [1.29, 1.82) is 5.26 Å². The van der Waals surface area contributed by atoms with Crippen LogP contribution in [0.5, 0.6) is 5.75 Å². The molecule has 1 aliphatic rings. The van der Waals surface area contributed by atoms with Gasteiger partial charge in [-0.3, -0.25) is 10.1 Å². The number of benzene rings is 2. The fraction of sp³-hybridized carbons (Fsp3) is 0.208. The van der Waals surface area contributed by atoms with E-state index in [1.165, 1.54) is 18.2 Å². The number of hydrogen-bond acceptors (Lipinski definition) is 9. The van der Waals surface area contributed by atoms with Crippen LogP contribution in [-0.2, 0) is 16.1 Å². The molecule has 194 valence electrons. The molecule has 10 nitrogen and oxygen atoms in total. The number of aliphatic hydroxyl groups excluding tert-OH is 1. The summed E-state index contributed by atoms with van der Waals surface area (Å²) in [6.07, 6.45) is 1.02. The Balaban J connectivity index is 1.69. The summed E-state index contributed by atoms with van der Waals surface area (Å²) in [4.78, 5) is 25.0. The number of anilines is 1. The highest BCUT2D eigenvalue weighted by Gasteiger charge is 2.24. The standard InChI is InChI=1S/C24H22Cl3N5O5/c1-2-36-24(35)29-22(33)20(11-28)31-30-15-8-17(25)21(18(26)9-15)37-16-10-19(27)23(34)32(13-16)12-14-6-4-3-5-7-14/h3-10,13,20,23,30-31,34H,2,12H2,1H3,(H,29,33,35). The van der Waals surface area contributed by atoms with Gasteiger partial charge in [-0.1, -0.05) is 65.1 Å². The van der Waals surface area contributed by atoms with Gasteiger partial charge in [0.2, 0.25) is 0 Å². The zero-order valence-corrected chi connectivity index (χ0v) is 21.6. The highest BCUT2D eigenvalue weighted by Crippen LogP contribution is 2.38. The zero-order chi connectivity index (χ0) is 26.9. The molecule has 4 N–H and O–H groups in total. The van der Waals surface area contributed by atoms with E-state index in [1.807, 2.05) is 35.6 Å². The molecule has 0 radical (unpaired) electrons. The topological polar surface area (TPSA) is 136 Å². The zero-order valence-electron chi connectivity index (χ0n) is 19.4. The Labute approximate surface area is 228 Å². The Morgan fingerprint density at radius 2 is 1.86 bits per heavy atom. The van der Waals surface area contributed by atoms with Crippen LogP contribution in [0.4, 0.5) is 10.5 Å². The summed E-state index contributed by atoms with van der Waals surface area (Å²) in [5.74, 6) is -0.511. The Bertz CT molecular complexity index is 1230. The van der Waals surface area contributed by atoms with E-state index in [4.69, 9.17) is 39.5 Å². The van der Waals surface area contributed by atoms with Crippen LogP contribution < -0.4 is 20.9 Å². The molecular weight excluding hydrogens is 545 g/mol. The quantitative estimate of drug-likeness (QED) is 0.328. The van der Waals surface area contributed by atoms with Gasteiger partial charge in [-0.2, -0.15) is 5.26 Å². The van der Waals surface area contributed by atoms with E-state index in [0.29, 0.717) is 12.2 Å². The minimum Gasteiger partial charge on any atom is -0.453 e. The Morgan fingerprint density at radius 3 is 2.49 bits per heavy atom. The third kappa shape index (κ3) is 7.76. The summed E-state index contributed by atoms with van der Waals surface area (Å²) in [5, 5.41) is 22.0. The maximum atomic E-state index is 12.0. The van der Waals surface area contributed by atoms with E-state index in [1.54, 1.807) is 24.1 Å². The average molecular weight is 567 g/mol. The lowest BCUT2D eigenvalue weighted by molar-refractivity contribution is -0.121. The number of alkyl carbamates (subject to hydrolysis) is 1. The largest absolute Gasteiger partial charge is 0.453 e. The average Bonchev–Trinajstić information content (AvgIpc) is 2.85. The molecule has 0 saturated carbocycles. The van der Waals surface area contributed by atoms with Crippen LogP contribution >= 0.6 is 34.8 Å². The maximum Gasteiger partial charge on any atom is 0.413 e. The van der Waals surface area contributed by atoms with Gasteiger partial charge in [0.25, 0.3) is 5.91 Å². The molecule has 0 aliphatic carbocycles. The first-order chi connectivity index (χ1) is 17.7. The first-order valence-electron chi connectivity index (χ1n) is 10.8. The van der Waals surface area contributed by atoms with Crippen LogP contribution in [0.1, 0.15) is 12.5 Å². The lowest BCUT2D eigenvalue weighted by Gasteiger charge is -2.30. The Morgan fingerprint density at radius 1 is 1.19 bits per heavy atom. The van der Waals surface area contributed by atoms with Gasteiger partial charge in [0.05, 0.1) is 33.4 Å². The summed E-state index contributed by atoms with van der Waals surface area (Å²) >= 11 is 19.0. The second kappa shape index (κ2) is 13.2. The molecule has 2 atom stereocenters. The van der Waals surface area contributed by atoms with Crippen LogP contribution in [0, 0.1) is 11.3 Å². The van der Waals surface area contributed by atoms with E-state index in [9.17, 15) is 20.0 Å². The molecule has 2 aromatic carbocycles. The second-order valence-electron chi connectivity index (χ2n) is 7.50. The smallest absolute Gasteiger partial charge is 0.413 e. The number of allylic oxidation sites excluding steroid dienone is 1. The van der Waals surface area contributed by atoms with Gasteiger partial charge in [0.1, 0.15) is 5.76 Å². The summed E-state index contributed by atoms with van der Waals surface area (Å²) in [6.45, 7) is 2.02. The monoisotopic (exact) mass is 565 g/mol. The van der Waals surface area contributed by atoms with Gasteiger partial charge < -0.3 is 24.9 Å². The highest BCUT2D eigenvalue weighted by molar-refractivity contribution is 6.37. The number of nitriles is 1. The molecular formula is C24H22Cl3N5O5. The SMILES string of the molecule is CCOC(=O)NC(=O)C(C#N)NNc1cc(Cl)c(OC2=CN(Cc3ccccc3)C(O)C(Cl)=C2)c(Cl)c1. The number of hydrazine groups is 1. The minimum absolute atomic E-state index is 0.0674. The lowest BCUT2D eigenvalue weighted by Crippen LogP contribution is -2.47. The molecule has 2 amide bonds. The van der Waals surface area contributed by atoms with Crippen molar-refractivity contribution in [2.45, 2.75) is 25.7 Å². The molecule has 0 aromatic heterocycles. The van der Waals surface area contributed by atoms with Crippen molar-refractivity contribution < 1.29 is 24.2 Å². The van der Waals surface area contributed by atoms with Crippen molar-refractivity contribution in [3.63, 3.8) is 0 Å². The number of carbonyl (C=O) groups excluding carboxylic acids is 2. The molecule has 0 fully saturated rings. The fourth-order valence-corrected chi connectivity index (χ4v) is 3.92. The van der Waals surface area contributed by atoms with Gasteiger partial charge in [-0.25, -0.2) is 10.2 Å². The Hall–Kier alpha value is -3.46. The minimum atomic E-state index is -1.43. The normalized spacial score (nSPS) is 15.6. The van der Waals surface area contributed by atoms with Gasteiger partial charge >= 0.3 is 6.09 Å². The van der Waals surface area contributed by atoms with E-state index in [-0.39, 0.29) is 33.2 Å². The number of halogens is 3. The van der Waals surface area contributed by atoms with Crippen LogP contribution in [-0.4, -0.2) is 40.9 Å². The van der Waals surface area contributed by atoms with Gasteiger partial charge in [-0.05, 0) is 24.6 Å². The predicted octanol–water partition coefficient (Wildman–Crippen LogP) is 4.25. The molecule has 13 heteroatoms. The number of carbonyl (C=O) groups is 2. The first-order valence-corrected chi connectivity index (χ1v) is 12.0. The number of ether oxygens (including phenoxy) is 2. The van der Waals surface area contributed by atoms with Gasteiger partial charge in [-0.15, -0.1) is 0 Å². The lowest BCUT2D eigenvalue weighted by atomic mass is 10.2. The molecule has 1 aliphatic heterocycles. The maximum absolute atomic E-state index is 12.0. The molecule has 3 rings (SSSR count). The van der Waals surface area contributed by atoms with Gasteiger partial charge in [0.15, 0.2) is 18.0 Å². The van der Waals surface area contributed by atoms with E-state index >= 15 is 0 Å². The molecule has 2 unspecified atom stereocenters. The van der Waals surface area contributed by atoms with Crippen LogP contribution in [0.25, 0.3) is 0 Å². The summed E-state index contributed by atoms with van der Waals surface area (Å²) in [7, 11) is 0. The molecule has 0 spiro atoms. The van der Waals surface area contributed by atoms with Crippen LogP contribution in [0.2, 0.25) is 10.0 Å². The number of aliphatic hydroxyl groups is 1. The Kier molecular flexibility index (Phi) is 10.0. The molecule has 0 saturated heterocycles. The highest BCUT2D eigenvalue weighted by atomic mass is 35.5. The molecule has 37 heavy (non-hydrogen) atoms. The predicted molar refractivity (Wildman–Crippen MR) is 138 cm³/mol. The first kappa shape index (κ1) is 28.1. The summed E-state index contributed by atoms with van der Waals surface area (Å²) in [6, 6.07) is 12.7. The number of imide groups is 1. The molecule has 0 bridgehead atoms. The van der Waals surface area contributed by atoms with E-state index in [0.717, 1.165) is 5.56 Å². The molecule has 2 aromatic rings. The number of amides is 2. The van der Waals surface area contributed by atoms with Crippen molar-refractivity contribution in [2.75, 3.05) is 12.0 Å². The number of nitrogens with zero attached hydrogens (tertiary/aromatic N) is 2. The van der Waals surface area contributed by atoms with Crippen molar-refractivity contribution in [3.05, 3.63) is 81.1 Å². The number of rotatable bonds is 9. The number of hydrogen-bond donors (Lipinski definition) is 4. The summed E-state index contributed by atoms with van der Waals surface area (Å²) in [5.41, 5.74) is 6.37. The third-order valence-electron chi connectivity index (χ3n) is 4.81. The van der Waals surface area contributed by atoms with E-state index < -0.39 is 24.3 Å². The van der Waals surface area contributed by atoms with Crippen molar-refractivity contribution in [3.8, 4) is 11.8 Å². The second-order valence-corrected chi connectivity index (χ2v) is 8.76. The van der Waals surface area contributed by atoms with Crippen molar-refractivity contribution in [2.24, 2.45) is 0 Å².